The van der Waals surface area contributed by atoms with Crippen molar-refractivity contribution in [2.24, 2.45) is 0 Å². The van der Waals surface area contributed by atoms with Gasteiger partial charge >= 0.3 is 0 Å². The summed E-state index contributed by atoms with van der Waals surface area (Å²) in [5.74, 6) is 1.35. The molecule has 0 aromatic heterocycles. The molecule has 1 nitrogen and oxygen atoms in total. The Labute approximate surface area is 87.1 Å². The molecule has 2 unspecified atom stereocenters. The molecular formula is C11H23NS. The summed E-state index contributed by atoms with van der Waals surface area (Å²) in [6, 6.07) is 0.748. The van der Waals surface area contributed by atoms with Gasteiger partial charge in [0.1, 0.15) is 0 Å². The SMILES string of the molecule is CCCCCCC1NC(C)CCS1. The first kappa shape index (κ1) is 11.4. The first-order chi connectivity index (χ1) is 6.33. The number of hydrogen-bond acceptors (Lipinski definition) is 2. The van der Waals surface area contributed by atoms with Crippen molar-refractivity contribution < 1.29 is 0 Å². The molecule has 0 saturated carbocycles. The molecule has 1 aliphatic rings. The highest BCUT2D eigenvalue weighted by Gasteiger charge is 2.16. The zero-order valence-corrected chi connectivity index (χ0v) is 9.83. The highest BCUT2D eigenvalue weighted by atomic mass is 32.2. The number of rotatable bonds is 5. The van der Waals surface area contributed by atoms with Gasteiger partial charge in [0.25, 0.3) is 0 Å². The van der Waals surface area contributed by atoms with Crippen LogP contribution in [0.2, 0.25) is 0 Å². The molecule has 0 amide bonds. The third-order valence-corrected chi connectivity index (χ3v) is 3.91. The molecule has 0 aliphatic carbocycles. The molecule has 0 spiro atoms. The van der Waals surface area contributed by atoms with Crippen LogP contribution in [0.15, 0.2) is 0 Å². The number of thioether (sulfide) groups is 1. The minimum Gasteiger partial charge on any atom is -0.303 e. The largest absolute Gasteiger partial charge is 0.303 e. The first-order valence-electron chi connectivity index (χ1n) is 5.70. The van der Waals surface area contributed by atoms with Crippen LogP contribution in [0.1, 0.15) is 52.4 Å². The predicted octanol–water partition coefficient (Wildman–Crippen LogP) is 3.40. The molecule has 2 heteroatoms. The summed E-state index contributed by atoms with van der Waals surface area (Å²) in [6.07, 6.45) is 8.30. The maximum absolute atomic E-state index is 3.66. The number of unbranched alkanes of at least 4 members (excludes halogenated alkanes) is 3. The summed E-state index contributed by atoms with van der Waals surface area (Å²) in [6.45, 7) is 4.58. The second kappa shape index (κ2) is 6.72. The fraction of sp³-hybridized carbons (Fsp3) is 1.00. The average molecular weight is 201 g/mol. The predicted molar refractivity (Wildman–Crippen MR) is 62.2 cm³/mol. The van der Waals surface area contributed by atoms with Gasteiger partial charge in [-0.2, -0.15) is 0 Å². The van der Waals surface area contributed by atoms with Gasteiger partial charge in [-0.15, -0.1) is 11.8 Å². The Morgan fingerprint density at radius 1 is 1.31 bits per heavy atom. The standard InChI is InChI=1S/C11H23NS/c1-3-4-5-6-7-11-12-10(2)8-9-13-11/h10-12H,3-9H2,1-2H3. The van der Waals surface area contributed by atoms with Crippen molar-refractivity contribution in [1.82, 2.24) is 5.32 Å². The summed E-state index contributed by atoms with van der Waals surface area (Å²) in [4.78, 5) is 0. The molecule has 1 aliphatic heterocycles. The van der Waals surface area contributed by atoms with Crippen LogP contribution in [0, 0.1) is 0 Å². The maximum atomic E-state index is 3.66. The summed E-state index contributed by atoms with van der Waals surface area (Å²) in [7, 11) is 0. The van der Waals surface area contributed by atoms with Gasteiger partial charge < -0.3 is 5.32 Å². The molecule has 0 radical (unpaired) electrons. The molecule has 2 atom stereocenters. The van der Waals surface area contributed by atoms with E-state index in [2.05, 4.69) is 30.9 Å². The van der Waals surface area contributed by atoms with E-state index in [1.165, 1.54) is 44.3 Å². The van der Waals surface area contributed by atoms with Crippen LogP contribution in [-0.2, 0) is 0 Å². The van der Waals surface area contributed by atoms with Crippen LogP contribution >= 0.6 is 11.8 Å². The fourth-order valence-corrected chi connectivity index (χ4v) is 3.20. The van der Waals surface area contributed by atoms with E-state index in [0.29, 0.717) is 0 Å². The quantitative estimate of drug-likeness (QED) is 0.684. The molecule has 13 heavy (non-hydrogen) atoms. The van der Waals surface area contributed by atoms with Crippen LogP contribution in [0.5, 0.6) is 0 Å². The van der Waals surface area contributed by atoms with E-state index in [9.17, 15) is 0 Å². The number of hydrogen-bond donors (Lipinski definition) is 1. The van der Waals surface area contributed by atoms with E-state index in [1.807, 2.05) is 0 Å². The van der Waals surface area contributed by atoms with Crippen LogP contribution in [0.3, 0.4) is 0 Å². The fourth-order valence-electron chi connectivity index (χ4n) is 1.76. The van der Waals surface area contributed by atoms with Crippen molar-refractivity contribution in [2.45, 2.75) is 63.8 Å². The smallest absolute Gasteiger partial charge is 0.0534 e. The van der Waals surface area contributed by atoms with Crippen LogP contribution in [0.4, 0.5) is 0 Å². The van der Waals surface area contributed by atoms with Gasteiger partial charge in [0.15, 0.2) is 0 Å². The highest BCUT2D eigenvalue weighted by molar-refractivity contribution is 7.99. The van der Waals surface area contributed by atoms with Crippen molar-refractivity contribution in [3.8, 4) is 0 Å². The van der Waals surface area contributed by atoms with Crippen molar-refractivity contribution in [3.05, 3.63) is 0 Å². The number of nitrogens with one attached hydrogen (secondary N) is 1. The summed E-state index contributed by atoms with van der Waals surface area (Å²) >= 11 is 2.11. The Kier molecular flexibility index (Phi) is 5.88. The van der Waals surface area contributed by atoms with E-state index < -0.39 is 0 Å². The molecule has 1 fully saturated rings. The third kappa shape index (κ3) is 4.92. The lowest BCUT2D eigenvalue weighted by Crippen LogP contribution is -2.38. The Morgan fingerprint density at radius 3 is 2.85 bits per heavy atom. The lowest BCUT2D eigenvalue weighted by molar-refractivity contribution is 0.470. The molecule has 78 valence electrons. The van der Waals surface area contributed by atoms with Crippen molar-refractivity contribution in [2.75, 3.05) is 5.75 Å². The van der Waals surface area contributed by atoms with E-state index in [1.54, 1.807) is 0 Å². The Balaban J connectivity index is 2.00. The minimum atomic E-state index is 0.748. The Hall–Kier alpha value is 0.310. The second-order valence-electron chi connectivity index (χ2n) is 4.07. The monoisotopic (exact) mass is 201 g/mol. The lowest BCUT2D eigenvalue weighted by atomic mass is 10.1. The summed E-state index contributed by atoms with van der Waals surface area (Å²) < 4.78 is 0. The van der Waals surface area contributed by atoms with E-state index in [0.717, 1.165) is 11.4 Å². The second-order valence-corrected chi connectivity index (χ2v) is 5.38. The maximum Gasteiger partial charge on any atom is 0.0534 e. The van der Waals surface area contributed by atoms with Gasteiger partial charge in [-0.25, -0.2) is 0 Å². The van der Waals surface area contributed by atoms with Crippen LogP contribution in [0.25, 0.3) is 0 Å². The Morgan fingerprint density at radius 2 is 2.15 bits per heavy atom. The van der Waals surface area contributed by atoms with E-state index >= 15 is 0 Å². The molecule has 1 rings (SSSR count). The van der Waals surface area contributed by atoms with Gasteiger partial charge in [-0.05, 0) is 25.5 Å². The average Bonchev–Trinajstić information content (AvgIpc) is 2.13. The summed E-state index contributed by atoms with van der Waals surface area (Å²) in [5.41, 5.74) is 0. The van der Waals surface area contributed by atoms with E-state index in [4.69, 9.17) is 0 Å². The normalized spacial score (nSPS) is 29.1. The summed E-state index contributed by atoms with van der Waals surface area (Å²) in [5, 5.41) is 4.41. The van der Waals surface area contributed by atoms with Crippen molar-refractivity contribution >= 4 is 11.8 Å². The topological polar surface area (TPSA) is 12.0 Å². The minimum absolute atomic E-state index is 0.748. The molecule has 0 bridgehead atoms. The first-order valence-corrected chi connectivity index (χ1v) is 6.75. The van der Waals surface area contributed by atoms with Crippen molar-refractivity contribution in [3.63, 3.8) is 0 Å². The zero-order valence-electron chi connectivity index (χ0n) is 9.01. The van der Waals surface area contributed by atoms with E-state index in [-0.39, 0.29) is 0 Å². The van der Waals surface area contributed by atoms with Gasteiger partial charge in [-0.1, -0.05) is 32.6 Å². The van der Waals surface area contributed by atoms with Gasteiger partial charge in [-0.3, -0.25) is 0 Å². The van der Waals surface area contributed by atoms with Crippen molar-refractivity contribution in [1.29, 1.82) is 0 Å². The van der Waals surface area contributed by atoms with Gasteiger partial charge in [0.2, 0.25) is 0 Å². The highest BCUT2D eigenvalue weighted by Crippen LogP contribution is 2.22. The molecule has 1 N–H and O–H groups in total. The Bertz CT molecular complexity index is 127. The molecule has 1 saturated heterocycles. The van der Waals surface area contributed by atoms with Crippen LogP contribution < -0.4 is 5.32 Å². The van der Waals surface area contributed by atoms with Gasteiger partial charge in [0.05, 0.1) is 5.37 Å². The van der Waals surface area contributed by atoms with Crippen LogP contribution in [-0.4, -0.2) is 17.2 Å². The van der Waals surface area contributed by atoms with Gasteiger partial charge in [0, 0.05) is 6.04 Å². The molecular weight excluding hydrogens is 178 g/mol. The molecule has 1 heterocycles. The molecule has 0 aromatic carbocycles. The zero-order chi connectivity index (χ0) is 9.52. The third-order valence-electron chi connectivity index (χ3n) is 2.66. The lowest BCUT2D eigenvalue weighted by Gasteiger charge is -2.28. The molecule has 0 aromatic rings.